The van der Waals surface area contributed by atoms with Crippen LogP contribution >= 0.6 is 0 Å². The lowest BCUT2D eigenvalue weighted by Gasteiger charge is -2.31. The summed E-state index contributed by atoms with van der Waals surface area (Å²) >= 11 is 0. The Morgan fingerprint density at radius 2 is 2.10 bits per heavy atom. The monoisotopic (exact) mass is 276 g/mol. The van der Waals surface area contributed by atoms with Gasteiger partial charge in [0.25, 0.3) is 0 Å². The molecule has 0 bridgehead atoms. The zero-order chi connectivity index (χ0) is 14.7. The van der Waals surface area contributed by atoms with E-state index in [1.807, 2.05) is 32.0 Å². The maximum Gasteiger partial charge on any atom is 0.321 e. The highest BCUT2D eigenvalue weighted by Gasteiger charge is 2.28. The number of hydrogen-bond donors (Lipinski definition) is 2. The summed E-state index contributed by atoms with van der Waals surface area (Å²) in [7, 11) is 0. The van der Waals surface area contributed by atoms with Crippen LogP contribution in [0.2, 0.25) is 0 Å². The van der Waals surface area contributed by atoms with E-state index >= 15 is 0 Å². The number of benzene rings is 1. The lowest BCUT2D eigenvalue weighted by Crippen LogP contribution is -2.44. The molecule has 1 fully saturated rings. The maximum atomic E-state index is 12.2. The number of carboxylic acid groups (broad SMARTS) is 1. The minimum absolute atomic E-state index is 0.218. The van der Waals surface area contributed by atoms with Crippen LogP contribution in [-0.4, -0.2) is 35.1 Å². The van der Waals surface area contributed by atoms with E-state index in [1.165, 1.54) is 0 Å². The molecule has 108 valence electrons. The third kappa shape index (κ3) is 3.10. The van der Waals surface area contributed by atoms with E-state index in [2.05, 4.69) is 5.32 Å². The molecule has 5 heteroatoms. The van der Waals surface area contributed by atoms with Gasteiger partial charge in [-0.2, -0.15) is 0 Å². The van der Waals surface area contributed by atoms with Crippen LogP contribution in [0.5, 0.6) is 0 Å². The van der Waals surface area contributed by atoms with Crippen LogP contribution in [-0.2, 0) is 4.79 Å². The molecule has 0 saturated carbocycles. The lowest BCUT2D eigenvalue weighted by atomic mass is 9.99. The first-order valence-corrected chi connectivity index (χ1v) is 6.84. The van der Waals surface area contributed by atoms with Gasteiger partial charge in [-0.1, -0.05) is 12.1 Å². The summed E-state index contributed by atoms with van der Waals surface area (Å²) in [5.41, 5.74) is 2.94. The fourth-order valence-electron chi connectivity index (χ4n) is 2.44. The van der Waals surface area contributed by atoms with Crippen LogP contribution < -0.4 is 5.32 Å². The van der Waals surface area contributed by atoms with Crippen molar-refractivity contribution in [1.82, 2.24) is 4.90 Å². The molecule has 1 aromatic carbocycles. The van der Waals surface area contributed by atoms with E-state index in [4.69, 9.17) is 5.11 Å². The summed E-state index contributed by atoms with van der Waals surface area (Å²) in [5, 5.41) is 11.9. The Balaban J connectivity index is 2.04. The summed E-state index contributed by atoms with van der Waals surface area (Å²) in [4.78, 5) is 24.8. The number of urea groups is 1. The topological polar surface area (TPSA) is 69.6 Å². The molecule has 2 rings (SSSR count). The predicted molar refractivity (Wildman–Crippen MR) is 76.9 cm³/mol. The standard InChI is InChI=1S/C15H20N2O3/c1-10-5-3-7-13(11(10)2)16-15(20)17-8-4-6-12(9-17)14(18)19/h3,5,7,12H,4,6,8-9H2,1-2H3,(H,16,20)(H,18,19)/t12-/m0/s1. The fourth-order valence-corrected chi connectivity index (χ4v) is 2.44. The summed E-state index contributed by atoms with van der Waals surface area (Å²) in [6, 6.07) is 5.53. The molecule has 2 amide bonds. The fraction of sp³-hybridized carbons (Fsp3) is 0.467. The van der Waals surface area contributed by atoms with E-state index in [0.717, 1.165) is 23.2 Å². The highest BCUT2D eigenvalue weighted by Crippen LogP contribution is 2.21. The van der Waals surface area contributed by atoms with Crippen molar-refractivity contribution in [1.29, 1.82) is 0 Å². The van der Waals surface area contributed by atoms with Gasteiger partial charge in [-0.15, -0.1) is 0 Å². The Labute approximate surface area is 118 Å². The quantitative estimate of drug-likeness (QED) is 0.872. The number of likely N-dealkylation sites (tertiary alicyclic amines) is 1. The molecule has 1 aliphatic heterocycles. The van der Waals surface area contributed by atoms with E-state index in [0.29, 0.717) is 13.0 Å². The molecule has 2 N–H and O–H groups in total. The first-order chi connectivity index (χ1) is 9.49. The molecule has 5 nitrogen and oxygen atoms in total. The first kappa shape index (κ1) is 14.4. The smallest absolute Gasteiger partial charge is 0.321 e. The average Bonchev–Trinajstić information content (AvgIpc) is 2.44. The van der Waals surface area contributed by atoms with E-state index < -0.39 is 11.9 Å². The van der Waals surface area contributed by atoms with Crippen molar-refractivity contribution in [2.75, 3.05) is 18.4 Å². The molecular weight excluding hydrogens is 256 g/mol. The van der Waals surface area contributed by atoms with Crippen molar-refractivity contribution in [2.45, 2.75) is 26.7 Å². The number of anilines is 1. The summed E-state index contributed by atoms with van der Waals surface area (Å²) in [6.07, 6.45) is 1.37. The minimum Gasteiger partial charge on any atom is -0.481 e. The van der Waals surface area contributed by atoms with Gasteiger partial charge in [0, 0.05) is 18.8 Å². The second kappa shape index (κ2) is 5.94. The largest absolute Gasteiger partial charge is 0.481 e. The van der Waals surface area contributed by atoms with Crippen LogP contribution in [0.3, 0.4) is 0 Å². The van der Waals surface area contributed by atoms with Gasteiger partial charge in [-0.25, -0.2) is 4.79 Å². The molecule has 0 radical (unpaired) electrons. The van der Waals surface area contributed by atoms with Crippen LogP contribution in [0.25, 0.3) is 0 Å². The third-order valence-corrected chi connectivity index (χ3v) is 3.90. The number of carbonyl (C=O) groups excluding carboxylic acids is 1. The highest BCUT2D eigenvalue weighted by atomic mass is 16.4. The van der Waals surface area contributed by atoms with Crippen molar-refractivity contribution in [3.63, 3.8) is 0 Å². The van der Waals surface area contributed by atoms with Crippen LogP contribution in [0.15, 0.2) is 18.2 Å². The molecule has 1 aliphatic rings. The molecule has 1 aromatic rings. The molecule has 1 heterocycles. The number of amides is 2. The Hall–Kier alpha value is -2.04. The molecule has 0 aliphatic carbocycles. The molecular formula is C15H20N2O3. The number of aryl methyl sites for hydroxylation is 1. The Bertz CT molecular complexity index is 528. The summed E-state index contributed by atoms with van der Waals surface area (Å²) in [5.74, 6) is -1.28. The Morgan fingerprint density at radius 3 is 2.80 bits per heavy atom. The zero-order valence-corrected chi connectivity index (χ0v) is 11.8. The normalized spacial score (nSPS) is 18.7. The Kier molecular flexibility index (Phi) is 4.27. The number of nitrogens with zero attached hydrogens (tertiary/aromatic N) is 1. The van der Waals surface area contributed by atoms with Crippen molar-refractivity contribution in [3.05, 3.63) is 29.3 Å². The summed E-state index contributed by atoms with van der Waals surface area (Å²) < 4.78 is 0. The van der Waals surface area contributed by atoms with E-state index in [-0.39, 0.29) is 12.6 Å². The number of nitrogens with one attached hydrogen (secondary N) is 1. The SMILES string of the molecule is Cc1cccc(NC(=O)N2CCC[C@H](C(=O)O)C2)c1C. The van der Waals surface area contributed by atoms with Gasteiger partial charge in [0.1, 0.15) is 0 Å². The van der Waals surface area contributed by atoms with Gasteiger partial charge in [-0.05, 0) is 43.9 Å². The van der Waals surface area contributed by atoms with Gasteiger partial charge in [-0.3, -0.25) is 4.79 Å². The first-order valence-electron chi connectivity index (χ1n) is 6.84. The van der Waals surface area contributed by atoms with Crippen molar-refractivity contribution in [3.8, 4) is 0 Å². The molecule has 1 atom stereocenters. The average molecular weight is 276 g/mol. The molecule has 0 unspecified atom stereocenters. The highest BCUT2D eigenvalue weighted by molar-refractivity contribution is 5.90. The second-order valence-electron chi connectivity index (χ2n) is 5.30. The van der Waals surface area contributed by atoms with Crippen molar-refractivity contribution in [2.24, 2.45) is 5.92 Å². The summed E-state index contributed by atoms with van der Waals surface area (Å²) in [6.45, 7) is 4.85. The molecule has 1 saturated heterocycles. The molecule has 0 spiro atoms. The van der Waals surface area contributed by atoms with Crippen LogP contribution in [0, 0.1) is 19.8 Å². The van der Waals surface area contributed by atoms with Gasteiger partial charge in [0.15, 0.2) is 0 Å². The Morgan fingerprint density at radius 1 is 1.35 bits per heavy atom. The maximum absolute atomic E-state index is 12.2. The number of piperidine rings is 1. The zero-order valence-electron chi connectivity index (χ0n) is 11.8. The second-order valence-corrected chi connectivity index (χ2v) is 5.30. The van der Waals surface area contributed by atoms with Crippen LogP contribution in [0.1, 0.15) is 24.0 Å². The van der Waals surface area contributed by atoms with Gasteiger partial charge >= 0.3 is 12.0 Å². The van der Waals surface area contributed by atoms with Crippen molar-refractivity contribution < 1.29 is 14.7 Å². The number of aliphatic carboxylic acids is 1. The van der Waals surface area contributed by atoms with E-state index in [9.17, 15) is 9.59 Å². The van der Waals surface area contributed by atoms with Crippen LogP contribution in [0.4, 0.5) is 10.5 Å². The van der Waals surface area contributed by atoms with Gasteiger partial charge in [0.05, 0.1) is 5.92 Å². The molecule has 0 aromatic heterocycles. The minimum atomic E-state index is -0.825. The lowest BCUT2D eigenvalue weighted by molar-refractivity contribution is -0.143. The number of carboxylic acids is 1. The number of rotatable bonds is 2. The number of carbonyl (C=O) groups is 2. The van der Waals surface area contributed by atoms with Crippen molar-refractivity contribution >= 4 is 17.7 Å². The molecule has 20 heavy (non-hydrogen) atoms. The van der Waals surface area contributed by atoms with Gasteiger partial charge in [0.2, 0.25) is 0 Å². The van der Waals surface area contributed by atoms with Gasteiger partial charge < -0.3 is 15.3 Å². The van der Waals surface area contributed by atoms with E-state index in [1.54, 1.807) is 4.90 Å². The third-order valence-electron chi connectivity index (χ3n) is 3.90. The number of hydrogen-bond acceptors (Lipinski definition) is 2. The predicted octanol–water partition coefficient (Wildman–Crippen LogP) is 2.63.